The highest BCUT2D eigenvalue weighted by molar-refractivity contribution is 7.98. The van der Waals surface area contributed by atoms with Gasteiger partial charge >= 0.3 is 0 Å². The van der Waals surface area contributed by atoms with Gasteiger partial charge in [-0.2, -0.15) is 11.8 Å². The smallest absolute Gasteiger partial charge is 0.225 e. The van der Waals surface area contributed by atoms with Crippen molar-refractivity contribution in [2.24, 2.45) is 0 Å². The van der Waals surface area contributed by atoms with Crippen molar-refractivity contribution >= 4 is 29.0 Å². The Morgan fingerprint density at radius 1 is 1.50 bits per heavy atom. The van der Waals surface area contributed by atoms with Gasteiger partial charge in [-0.25, -0.2) is 0 Å². The van der Waals surface area contributed by atoms with Gasteiger partial charge in [-0.1, -0.05) is 6.07 Å². The fraction of sp³-hybridized carbons (Fsp3) is 0.533. The maximum Gasteiger partial charge on any atom is 0.225 e. The summed E-state index contributed by atoms with van der Waals surface area (Å²) in [6.07, 6.45) is 3.76. The Bertz CT molecular complexity index is 425. The first-order valence-corrected chi connectivity index (χ1v) is 8.27. The highest BCUT2D eigenvalue weighted by Crippen LogP contribution is 2.12. The van der Waals surface area contributed by atoms with Crippen molar-refractivity contribution in [2.45, 2.75) is 25.8 Å². The second kappa shape index (κ2) is 8.87. The van der Waals surface area contributed by atoms with Crippen LogP contribution in [0.4, 0.5) is 11.4 Å². The summed E-state index contributed by atoms with van der Waals surface area (Å²) < 4.78 is 0. The van der Waals surface area contributed by atoms with Crippen LogP contribution in [0.15, 0.2) is 24.3 Å². The van der Waals surface area contributed by atoms with E-state index in [0.29, 0.717) is 18.2 Å². The van der Waals surface area contributed by atoms with Gasteiger partial charge < -0.3 is 16.0 Å². The fourth-order valence-electron chi connectivity index (χ4n) is 1.85. The second-order valence-corrected chi connectivity index (χ2v) is 6.02. The number of carbonyl (C=O) groups excluding carboxylic acids is 1. The number of hydrogen-bond donors (Lipinski definition) is 2. The predicted molar refractivity (Wildman–Crippen MR) is 89.2 cm³/mol. The molecule has 1 unspecified atom stereocenters. The van der Waals surface area contributed by atoms with Gasteiger partial charge in [-0.15, -0.1) is 0 Å². The van der Waals surface area contributed by atoms with Crippen LogP contribution >= 0.6 is 11.8 Å². The molecule has 0 radical (unpaired) electrons. The van der Waals surface area contributed by atoms with Crippen LogP contribution in [0.5, 0.6) is 0 Å². The Balaban J connectivity index is 2.32. The van der Waals surface area contributed by atoms with Gasteiger partial charge in [0.05, 0.1) is 0 Å². The van der Waals surface area contributed by atoms with Crippen LogP contribution in [-0.4, -0.2) is 42.4 Å². The van der Waals surface area contributed by atoms with Crippen LogP contribution in [-0.2, 0) is 4.79 Å². The summed E-state index contributed by atoms with van der Waals surface area (Å²) in [4.78, 5) is 14.1. The molecule has 112 valence electrons. The van der Waals surface area contributed by atoms with Crippen LogP contribution in [0, 0.1) is 0 Å². The Morgan fingerprint density at radius 3 is 2.90 bits per heavy atom. The summed E-state index contributed by atoms with van der Waals surface area (Å²) >= 11 is 1.86. The average Bonchev–Trinajstić information content (AvgIpc) is 2.42. The Kier molecular flexibility index (Phi) is 7.47. The van der Waals surface area contributed by atoms with E-state index in [1.54, 1.807) is 12.1 Å². The minimum absolute atomic E-state index is 0.0273. The van der Waals surface area contributed by atoms with Crippen molar-refractivity contribution in [1.82, 2.24) is 4.90 Å². The lowest BCUT2D eigenvalue weighted by Crippen LogP contribution is -2.32. The lowest BCUT2D eigenvalue weighted by atomic mass is 10.2. The van der Waals surface area contributed by atoms with E-state index >= 15 is 0 Å². The van der Waals surface area contributed by atoms with E-state index in [9.17, 15) is 4.79 Å². The largest absolute Gasteiger partial charge is 0.399 e. The molecule has 0 heterocycles. The third kappa shape index (κ3) is 6.30. The first-order chi connectivity index (χ1) is 9.52. The summed E-state index contributed by atoms with van der Waals surface area (Å²) in [5.74, 6) is 1.18. The molecule has 5 heteroatoms. The molecule has 1 aromatic carbocycles. The number of hydrogen-bond acceptors (Lipinski definition) is 4. The quantitative estimate of drug-likeness (QED) is 0.724. The number of anilines is 2. The highest BCUT2D eigenvalue weighted by Gasteiger charge is 2.10. The zero-order valence-electron chi connectivity index (χ0n) is 12.6. The van der Waals surface area contributed by atoms with Crippen LogP contribution < -0.4 is 11.1 Å². The summed E-state index contributed by atoms with van der Waals surface area (Å²) in [5.41, 5.74) is 7.10. The summed E-state index contributed by atoms with van der Waals surface area (Å²) in [6.45, 7) is 2.97. The van der Waals surface area contributed by atoms with Crippen molar-refractivity contribution in [3.8, 4) is 0 Å². The first-order valence-electron chi connectivity index (χ1n) is 6.87. The number of benzene rings is 1. The van der Waals surface area contributed by atoms with Gasteiger partial charge in [0.2, 0.25) is 5.91 Å². The van der Waals surface area contributed by atoms with Crippen molar-refractivity contribution in [1.29, 1.82) is 0 Å². The number of nitrogens with two attached hydrogens (primary N) is 1. The standard InChI is InChI=1S/C15H25N3OS/c1-12(8-10-20-3)18(2)9-7-15(19)17-14-6-4-5-13(16)11-14/h4-6,11-12H,7-10,16H2,1-3H3,(H,17,19). The van der Waals surface area contributed by atoms with Gasteiger partial charge in [-0.05, 0) is 50.6 Å². The maximum atomic E-state index is 11.9. The number of amides is 1. The van der Waals surface area contributed by atoms with Gasteiger partial charge in [0.15, 0.2) is 0 Å². The number of nitrogens with one attached hydrogen (secondary N) is 1. The van der Waals surface area contributed by atoms with E-state index < -0.39 is 0 Å². The molecule has 1 amide bonds. The summed E-state index contributed by atoms with van der Waals surface area (Å²) in [6, 6.07) is 7.75. The van der Waals surface area contributed by atoms with Crippen LogP contribution in [0.1, 0.15) is 19.8 Å². The minimum Gasteiger partial charge on any atom is -0.399 e. The molecule has 0 saturated heterocycles. The summed E-state index contributed by atoms with van der Waals surface area (Å²) in [7, 11) is 2.07. The molecule has 1 rings (SSSR count). The molecule has 20 heavy (non-hydrogen) atoms. The first kappa shape index (κ1) is 16.9. The van der Waals surface area contributed by atoms with E-state index in [4.69, 9.17) is 5.73 Å². The minimum atomic E-state index is 0.0273. The number of nitrogens with zero attached hydrogens (tertiary/aromatic N) is 1. The number of thioether (sulfide) groups is 1. The maximum absolute atomic E-state index is 11.9. The highest BCUT2D eigenvalue weighted by atomic mass is 32.2. The zero-order valence-corrected chi connectivity index (χ0v) is 13.4. The van der Waals surface area contributed by atoms with Gasteiger partial charge in [-0.3, -0.25) is 4.79 Å². The van der Waals surface area contributed by atoms with Crippen molar-refractivity contribution in [3.63, 3.8) is 0 Å². The SMILES string of the molecule is CSCCC(C)N(C)CCC(=O)Nc1cccc(N)c1. The van der Waals surface area contributed by atoms with Crippen LogP contribution in [0.3, 0.4) is 0 Å². The molecular weight excluding hydrogens is 270 g/mol. The van der Waals surface area contributed by atoms with Crippen LogP contribution in [0.25, 0.3) is 0 Å². The van der Waals surface area contributed by atoms with Gasteiger partial charge in [0.1, 0.15) is 0 Å². The fourth-order valence-corrected chi connectivity index (χ4v) is 2.42. The molecule has 0 saturated carbocycles. The Hall–Kier alpha value is -1.20. The van der Waals surface area contributed by atoms with E-state index in [-0.39, 0.29) is 5.91 Å². The van der Waals surface area contributed by atoms with E-state index in [1.165, 1.54) is 0 Å². The number of nitrogen functional groups attached to an aromatic ring is 1. The lowest BCUT2D eigenvalue weighted by molar-refractivity contribution is -0.116. The summed E-state index contributed by atoms with van der Waals surface area (Å²) in [5, 5.41) is 2.87. The molecule has 4 nitrogen and oxygen atoms in total. The van der Waals surface area contributed by atoms with Crippen molar-refractivity contribution < 1.29 is 4.79 Å². The second-order valence-electron chi connectivity index (χ2n) is 5.03. The van der Waals surface area contributed by atoms with E-state index in [2.05, 4.69) is 30.4 Å². The molecule has 0 fully saturated rings. The average molecular weight is 295 g/mol. The number of rotatable bonds is 8. The Morgan fingerprint density at radius 2 is 2.25 bits per heavy atom. The molecule has 0 aromatic heterocycles. The van der Waals surface area contributed by atoms with Gasteiger partial charge in [0, 0.05) is 30.4 Å². The molecule has 0 aliphatic rings. The molecule has 1 atom stereocenters. The molecule has 3 N–H and O–H groups in total. The molecule has 0 aliphatic carbocycles. The third-order valence-corrected chi connectivity index (χ3v) is 4.00. The van der Waals surface area contributed by atoms with E-state index in [1.807, 2.05) is 23.9 Å². The normalized spacial score (nSPS) is 12.4. The van der Waals surface area contributed by atoms with Crippen LogP contribution in [0.2, 0.25) is 0 Å². The molecule has 1 aromatic rings. The monoisotopic (exact) mass is 295 g/mol. The molecule has 0 spiro atoms. The third-order valence-electron chi connectivity index (χ3n) is 3.35. The molecule has 0 bridgehead atoms. The van der Waals surface area contributed by atoms with Gasteiger partial charge in [0.25, 0.3) is 0 Å². The molecular formula is C15H25N3OS. The lowest BCUT2D eigenvalue weighted by Gasteiger charge is -2.24. The number of carbonyl (C=O) groups is 1. The zero-order chi connectivity index (χ0) is 15.0. The molecule has 0 aliphatic heterocycles. The Labute approximate surface area is 126 Å². The topological polar surface area (TPSA) is 58.4 Å². The van der Waals surface area contributed by atoms with Crippen molar-refractivity contribution in [3.05, 3.63) is 24.3 Å². The predicted octanol–water partition coefficient (Wildman–Crippen LogP) is 2.67. The van der Waals surface area contributed by atoms with Crippen molar-refractivity contribution in [2.75, 3.05) is 36.7 Å². The van der Waals surface area contributed by atoms with E-state index in [0.717, 1.165) is 24.4 Å².